The van der Waals surface area contributed by atoms with Gasteiger partial charge in [-0.05, 0) is 103 Å². The number of furan rings is 1. The van der Waals surface area contributed by atoms with Crippen molar-refractivity contribution in [2.45, 2.75) is 25.7 Å². The first kappa shape index (κ1) is 34.1. The monoisotopic (exact) mass is 709 g/mol. The highest BCUT2D eigenvalue weighted by Crippen LogP contribution is 2.50. The van der Waals surface area contributed by atoms with Gasteiger partial charge in [-0.1, -0.05) is 167 Å². The van der Waals surface area contributed by atoms with E-state index in [1.165, 1.54) is 60.3 Å². The lowest BCUT2D eigenvalue weighted by Gasteiger charge is -2.27. The minimum absolute atomic E-state index is 0.100. The molecule has 1 heterocycles. The second-order valence-electron chi connectivity index (χ2n) is 14.9. The Balaban J connectivity index is 1.15. The SMILES string of the molecule is C=C/C=C(\C=C/CN(c1ccc2c(c1)C(C)(C)c1ccccc1-2)c1ccc2c3ccccc3c3ccccc3c2c1)C/C=c1\c(=C/C=C)oc2ccccc12. The number of rotatable bonds is 9. The van der Waals surface area contributed by atoms with Crippen LogP contribution in [0.25, 0.3) is 66.6 Å². The van der Waals surface area contributed by atoms with Gasteiger partial charge in [-0.2, -0.15) is 0 Å². The van der Waals surface area contributed by atoms with Crippen molar-refractivity contribution in [3.05, 3.63) is 204 Å². The molecule has 1 aliphatic carbocycles. The third kappa shape index (κ3) is 5.91. The molecule has 7 aromatic carbocycles. The maximum absolute atomic E-state index is 6.17. The van der Waals surface area contributed by atoms with Gasteiger partial charge in [0.05, 0.1) is 0 Å². The Kier molecular flexibility index (Phi) is 8.67. The van der Waals surface area contributed by atoms with E-state index >= 15 is 0 Å². The van der Waals surface area contributed by atoms with Crippen molar-refractivity contribution in [3.63, 3.8) is 0 Å². The van der Waals surface area contributed by atoms with E-state index in [9.17, 15) is 0 Å². The predicted octanol–water partition coefficient (Wildman–Crippen LogP) is 12.8. The highest BCUT2D eigenvalue weighted by Gasteiger charge is 2.35. The third-order valence-electron chi connectivity index (χ3n) is 11.3. The van der Waals surface area contributed by atoms with Crippen LogP contribution in [0.15, 0.2) is 187 Å². The second kappa shape index (κ2) is 14.0. The van der Waals surface area contributed by atoms with E-state index in [4.69, 9.17) is 4.42 Å². The minimum Gasteiger partial charge on any atom is -0.456 e. The van der Waals surface area contributed by atoms with Crippen LogP contribution in [0.2, 0.25) is 0 Å². The second-order valence-corrected chi connectivity index (χ2v) is 14.9. The summed E-state index contributed by atoms with van der Waals surface area (Å²) in [5.41, 5.74) is 10.5. The van der Waals surface area contributed by atoms with E-state index in [0.717, 1.165) is 39.3 Å². The Hall–Kier alpha value is -6.64. The van der Waals surface area contributed by atoms with Crippen molar-refractivity contribution >= 4 is 66.8 Å². The van der Waals surface area contributed by atoms with E-state index in [-0.39, 0.29) is 5.41 Å². The van der Waals surface area contributed by atoms with Gasteiger partial charge >= 0.3 is 0 Å². The van der Waals surface area contributed by atoms with Gasteiger partial charge in [0.15, 0.2) is 0 Å². The topological polar surface area (TPSA) is 16.4 Å². The minimum atomic E-state index is -0.100. The van der Waals surface area contributed by atoms with Crippen molar-refractivity contribution in [2.75, 3.05) is 11.4 Å². The Bertz CT molecular complexity index is 2970. The standard InChI is InChI=1S/C53H43NO/c1-5-16-36(27-30-47-46-24-12-14-26-52(46)55-51(47)17-6-2)18-15-33-54(38-29-32-45-44-23-11-13-25-49(44)53(3,4)50(45)35-38)37-28-31-43-41-21-8-7-19-39(41)40-20-9-10-22-42(40)48(43)34-37/h5-26,28-32,34-35H,1-2,27,33H2,3-4H3/b18-15-,36-16+,47-30-,51-17+. The van der Waals surface area contributed by atoms with Gasteiger partial charge in [-0.25, -0.2) is 0 Å². The van der Waals surface area contributed by atoms with Crippen LogP contribution in [-0.2, 0) is 5.41 Å². The van der Waals surface area contributed by atoms with E-state index < -0.39 is 0 Å². The van der Waals surface area contributed by atoms with Gasteiger partial charge in [0.25, 0.3) is 0 Å². The number of allylic oxidation sites excluding steroid dienone is 5. The Morgan fingerprint density at radius 2 is 1.22 bits per heavy atom. The van der Waals surface area contributed by atoms with Crippen LogP contribution < -0.4 is 15.5 Å². The van der Waals surface area contributed by atoms with Gasteiger partial charge in [0.1, 0.15) is 11.0 Å². The van der Waals surface area contributed by atoms with Gasteiger partial charge in [-0.3, -0.25) is 0 Å². The van der Waals surface area contributed by atoms with Gasteiger partial charge in [0, 0.05) is 33.9 Å². The smallest absolute Gasteiger partial charge is 0.135 e. The molecule has 0 radical (unpaired) electrons. The highest BCUT2D eigenvalue weighted by molar-refractivity contribution is 6.25. The van der Waals surface area contributed by atoms with Crippen LogP contribution >= 0.6 is 0 Å². The average molecular weight is 710 g/mol. The van der Waals surface area contributed by atoms with Crippen molar-refractivity contribution in [2.24, 2.45) is 0 Å². The van der Waals surface area contributed by atoms with Gasteiger partial charge in [0.2, 0.25) is 0 Å². The largest absolute Gasteiger partial charge is 0.456 e. The molecule has 0 spiro atoms. The van der Waals surface area contributed by atoms with Gasteiger partial charge in [-0.15, -0.1) is 0 Å². The first-order valence-electron chi connectivity index (χ1n) is 19.1. The Morgan fingerprint density at radius 3 is 1.95 bits per heavy atom. The molecule has 2 heteroatoms. The average Bonchev–Trinajstić information content (AvgIpc) is 3.68. The summed E-state index contributed by atoms with van der Waals surface area (Å²) in [5.74, 6) is 0. The maximum Gasteiger partial charge on any atom is 0.135 e. The summed E-state index contributed by atoms with van der Waals surface area (Å²) in [6.07, 6.45) is 15.2. The molecule has 1 aliphatic rings. The lowest BCUT2D eigenvalue weighted by molar-refractivity contribution is 0.575. The molecular weight excluding hydrogens is 667 g/mol. The molecule has 0 unspecified atom stereocenters. The predicted molar refractivity (Wildman–Crippen MR) is 237 cm³/mol. The molecule has 0 aliphatic heterocycles. The zero-order valence-corrected chi connectivity index (χ0v) is 31.4. The molecule has 8 aromatic rings. The Labute approximate surface area is 322 Å². The molecule has 0 saturated carbocycles. The van der Waals surface area contributed by atoms with E-state index in [2.05, 4.69) is 178 Å². The molecule has 1 aromatic heterocycles. The van der Waals surface area contributed by atoms with Crippen molar-refractivity contribution in [1.29, 1.82) is 0 Å². The van der Waals surface area contributed by atoms with Crippen LogP contribution in [0.3, 0.4) is 0 Å². The summed E-state index contributed by atoms with van der Waals surface area (Å²) in [4.78, 5) is 2.45. The normalized spacial score (nSPS) is 14.3. The van der Waals surface area contributed by atoms with E-state index in [0.29, 0.717) is 6.54 Å². The number of hydrogen-bond donors (Lipinski definition) is 0. The molecule has 0 saturated heterocycles. The molecule has 0 fully saturated rings. The quantitative estimate of drug-likeness (QED) is 0.110. The van der Waals surface area contributed by atoms with Crippen molar-refractivity contribution in [1.82, 2.24) is 0 Å². The van der Waals surface area contributed by atoms with Crippen LogP contribution in [0.4, 0.5) is 11.4 Å². The maximum atomic E-state index is 6.17. The number of hydrogen-bond acceptors (Lipinski definition) is 2. The summed E-state index contributed by atoms with van der Waals surface area (Å²) >= 11 is 0. The van der Waals surface area contributed by atoms with E-state index in [1.54, 1.807) is 6.08 Å². The molecule has 266 valence electrons. The summed E-state index contributed by atoms with van der Waals surface area (Å²) in [6.45, 7) is 13.3. The molecule has 9 rings (SSSR count). The summed E-state index contributed by atoms with van der Waals surface area (Å²) in [6, 6.07) is 48.7. The molecule has 2 nitrogen and oxygen atoms in total. The first-order chi connectivity index (χ1) is 27.0. The number of para-hydroxylation sites is 1. The van der Waals surface area contributed by atoms with Crippen molar-refractivity contribution < 1.29 is 4.42 Å². The summed E-state index contributed by atoms with van der Waals surface area (Å²) in [5, 5.41) is 9.82. The van der Waals surface area contributed by atoms with Crippen LogP contribution in [-0.4, -0.2) is 6.54 Å². The van der Waals surface area contributed by atoms with Crippen LogP contribution in [0.1, 0.15) is 31.4 Å². The van der Waals surface area contributed by atoms with Gasteiger partial charge < -0.3 is 9.32 Å². The number of benzene rings is 7. The fourth-order valence-corrected chi connectivity index (χ4v) is 8.68. The van der Waals surface area contributed by atoms with E-state index in [1.807, 2.05) is 24.3 Å². The number of fused-ring (bicyclic) bond motifs is 10. The zero-order chi connectivity index (χ0) is 37.5. The fraction of sp³-hybridized carbons (Fsp3) is 0.0943. The van der Waals surface area contributed by atoms with Crippen LogP contribution in [0.5, 0.6) is 0 Å². The lowest BCUT2D eigenvalue weighted by atomic mass is 9.82. The third-order valence-corrected chi connectivity index (χ3v) is 11.3. The molecule has 55 heavy (non-hydrogen) atoms. The zero-order valence-electron chi connectivity index (χ0n) is 31.4. The first-order valence-corrected chi connectivity index (χ1v) is 19.1. The molecular formula is C53H43NO. The molecule has 0 N–H and O–H groups in total. The highest BCUT2D eigenvalue weighted by atomic mass is 16.3. The summed E-state index contributed by atoms with van der Waals surface area (Å²) in [7, 11) is 0. The fourth-order valence-electron chi connectivity index (χ4n) is 8.68. The molecule has 0 amide bonds. The van der Waals surface area contributed by atoms with Crippen molar-refractivity contribution in [3.8, 4) is 11.1 Å². The number of nitrogens with zero attached hydrogens (tertiary/aromatic N) is 1. The Morgan fingerprint density at radius 1 is 0.618 bits per heavy atom. The lowest BCUT2D eigenvalue weighted by Crippen LogP contribution is -2.19. The van der Waals surface area contributed by atoms with Crippen LogP contribution in [0, 0.1) is 0 Å². The molecule has 0 atom stereocenters. The summed E-state index contributed by atoms with van der Waals surface area (Å²) < 4.78 is 6.17. The molecule has 0 bridgehead atoms. The number of anilines is 2.